The lowest BCUT2D eigenvalue weighted by Crippen LogP contribution is -2.64. The smallest absolute Gasteiger partial charge is 0.213 e. The molecule has 1 heterocycles. The zero-order valence-electron chi connectivity index (χ0n) is 21.4. The fourth-order valence-electron chi connectivity index (χ4n) is 9.77. The molecule has 1 N–H and O–H groups in total. The molecule has 5 nitrogen and oxygen atoms in total. The van der Waals surface area contributed by atoms with Crippen molar-refractivity contribution in [3.63, 3.8) is 0 Å². The van der Waals surface area contributed by atoms with Crippen LogP contribution in [0.1, 0.15) is 91.3 Å². The Labute approximate surface area is 204 Å². The van der Waals surface area contributed by atoms with E-state index < -0.39 is 5.60 Å². The molecule has 5 heteroatoms. The lowest BCUT2D eigenvalue weighted by Gasteiger charge is -2.70. The SMILES string of the molecule is C=C[C@@]12CC[C@H](C(=O)Cn3ccnc3C#N)[C@@]1(C)CC[C@@]1(C)[C@H]2CC[C@H]2C[C@](C)(O)CC[C@@]21C. The highest BCUT2D eigenvalue weighted by Gasteiger charge is 2.71. The molecule has 34 heavy (non-hydrogen) atoms. The summed E-state index contributed by atoms with van der Waals surface area (Å²) in [6.45, 7) is 14.1. The summed E-state index contributed by atoms with van der Waals surface area (Å²) in [7, 11) is 0. The summed E-state index contributed by atoms with van der Waals surface area (Å²) in [5.74, 6) is 1.61. The van der Waals surface area contributed by atoms with Crippen molar-refractivity contribution in [3.8, 4) is 6.07 Å². The zero-order chi connectivity index (χ0) is 24.6. The van der Waals surface area contributed by atoms with Gasteiger partial charge in [-0.2, -0.15) is 5.26 Å². The predicted molar refractivity (Wildman–Crippen MR) is 132 cm³/mol. The van der Waals surface area contributed by atoms with Gasteiger partial charge in [0.2, 0.25) is 5.82 Å². The van der Waals surface area contributed by atoms with Gasteiger partial charge in [0.1, 0.15) is 6.07 Å². The standard InChI is InChI=1S/C29H41N3O2/c1-6-29-10-9-21(22(33)19-32-16-15-31-24(32)18-30)27(29,4)13-14-28(5)23(29)8-7-20-17-25(2,34)11-12-26(20,28)3/h6,15-16,20-21,23,34H,1,7-14,17,19H2,2-5H3/t20-,21+,23+,25+,26-,27+,28-,29-/m0/s1. The topological polar surface area (TPSA) is 78.9 Å². The normalized spacial score (nSPS) is 47.7. The third-order valence-corrected chi connectivity index (χ3v) is 12.0. The van der Waals surface area contributed by atoms with Gasteiger partial charge in [0, 0.05) is 18.3 Å². The Kier molecular flexibility index (Phi) is 5.27. The van der Waals surface area contributed by atoms with Gasteiger partial charge in [-0.3, -0.25) is 4.79 Å². The molecule has 4 fully saturated rings. The molecular weight excluding hydrogens is 422 g/mol. The molecule has 0 unspecified atom stereocenters. The van der Waals surface area contributed by atoms with Crippen molar-refractivity contribution in [1.29, 1.82) is 5.26 Å². The average Bonchev–Trinajstić information content (AvgIpc) is 3.36. The summed E-state index contributed by atoms with van der Waals surface area (Å²) in [6, 6.07) is 2.10. The number of hydrogen-bond donors (Lipinski definition) is 1. The van der Waals surface area contributed by atoms with E-state index in [0.29, 0.717) is 17.7 Å². The minimum Gasteiger partial charge on any atom is -0.390 e. The van der Waals surface area contributed by atoms with E-state index in [-0.39, 0.29) is 39.9 Å². The molecule has 0 spiro atoms. The average molecular weight is 464 g/mol. The van der Waals surface area contributed by atoms with Gasteiger partial charge >= 0.3 is 0 Å². The highest BCUT2D eigenvalue weighted by atomic mass is 16.3. The van der Waals surface area contributed by atoms with Gasteiger partial charge in [0.25, 0.3) is 0 Å². The summed E-state index contributed by atoms with van der Waals surface area (Å²) in [5.41, 5.74) is -0.270. The van der Waals surface area contributed by atoms with Crippen LogP contribution in [0.2, 0.25) is 0 Å². The summed E-state index contributed by atoms with van der Waals surface area (Å²) < 4.78 is 1.70. The molecule has 0 saturated heterocycles. The number of Topliss-reactive ketones (excluding diaryl/α,β-unsaturated/α-hetero) is 1. The molecule has 0 radical (unpaired) electrons. The van der Waals surface area contributed by atoms with Crippen LogP contribution in [0.15, 0.2) is 25.0 Å². The minimum atomic E-state index is -0.535. The van der Waals surface area contributed by atoms with Gasteiger partial charge in [0.15, 0.2) is 5.78 Å². The Morgan fingerprint density at radius 1 is 1.15 bits per heavy atom. The Balaban J connectivity index is 1.48. The van der Waals surface area contributed by atoms with Crippen LogP contribution < -0.4 is 0 Å². The molecule has 0 amide bonds. The van der Waals surface area contributed by atoms with Crippen molar-refractivity contribution in [2.75, 3.05) is 0 Å². The summed E-state index contributed by atoms with van der Waals surface area (Å²) in [5, 5.41) is 20.2. The fourth-order valence-corrected chi connectivity index (χ4v) is 9.77. The van der Waals surface area contributed by atoms with E-state index in [1.165, 1.54) is 0 Å². The number of rotatable bonds is 4. The first-order valence-electron chi connectivity index (χ1n) is 13.3. The zero-order valence-corrected chi connectivity index (χ0v) is 21.4. The second-order valence-electron chi connectivity index (χ2n) is 13.1. The molecule has 1 aromatic heterocycles. The van der Waals surface area contributed by atoms with Gasteiger partial charge in [-0.15, -0.1) is 6.58 Å². The Morgan fingerprint density at radius 2 is 1.85 bits per heavy atom. The van der Waals surface area contributed by atoms with Gasteiger partial charge < -0.3 is 9.67 Å². The third kappa shape index (κ3) is 2.93. The first kappa shape index (κ1) is 23.8. The molecule has 184 valence electrons. The number of hydrogen-bond acceptors (Lipinski definition) is 4. The van der Waals surface area contributed by atoms with Crippen LogP contribution in [0, 0.1) is 50.7 Å². The van der Waals surface area contributed by atoms with Crippen molar-refractivity contribution < 1.29 is 9.90 Å². The summed E-state index contributed by atoms with van der Waals surface area (Å²) in [4.78, 5) is 17.8. The second kappa shape index (κ2) is 7.53. The number of carbonyl (C=O) groups excluding carboxylic acids is 1. The Bertz CT molecular complexity index is 1050. The minimum absolute atomic E-state index is 0.0124. The highest BCUT2D eigenvalue weighted by Crippen LogP contribution is 2.77. The van der Waals surface area contributed by atoms with Crippen LogP contribution in [0.4, 0.5) is 0 Å². The van der Waals surface area contributed by atoms with Crippen molar-refractivity contribution >= 4 is 5.78 Å². The highest BCUT2D eigenvalue weighted by molar-refractivity contribution is 5.82. The van der Waals surface area contributed by atoms with Crippen LogP contribution >= 0.6 is 0 Å². The second-order valence-corrected chi connectivity index (χ2v) is 13.1. The van der Waals surface area contributed by atoms with E-state index in [4.69, 9.17) is 0 Å². The quantitative estimate of drug-likeness (QED) is 0.583. The number of fused-ring (bicyclic) bond motifs is 5. The molecular formula is C29H41N3O2. The maximum atomic E-state index is 13.7. The molecule has 0 aromatic carbocycles. The third-order valence-electron chi connectivity index (χ3n) is 12.0. The predicted octanol–water partition coefficient (Wildman–Crippen LogP) is 5.68. The lowest BCUT2D eigenvalue weighted by atomic mass is 9.34. The molecule has 4 aliphatic rings. The molecule has 5 rings (SSSR count). The Hall–Kier alpha value is -1.93. The maximum absolute atomic E-state index is 13.7. The fraction of sp³-hybridized carbons (Fsp3) is 0.759. The van der Waals surface area contributed by atoms with Gasteiger partial charge in [-0.05, 0) is 98.2 Å². The monoisotopic (exact) mass is 463 g/mol. The largest absolute Gasteiger partial charge is 0.390 e. The number of nitriles is 1. The first-order chi connectivity index (χ1) is 16.0. The molecule has 8 atom stereocenters. The summed E-state index contributed by atoms with van der Waals surface area (Å²) >= 11 is 0. The number of imidazole rings is 1. The van der Waals surface area contributed by atoms with E-state index >= 15 is 0 Å². The molecule has 4 saturated carbocycles. The number of aliphatic hydroxyl groups is 1. The first-order valence-corrected chi connectivity index (χ1v) is 13.3. The molecule has 0 aliphatic heterocycles. The molecule has 4 aliphatic carbocycles. The van der Waals surface area contributed by atoms with Crippen LogP contribution in [-0.4, -0.2) is 26.0 Å². The van der Waals surface area contributed by atoms with E-state index in [2.05, 4.69) is 44.5 Å². The van der Waals surface area contributed by atoms with Gasteiger partial charge in [0.05, 0.1) is 12.1 Å². The van der Waals surface area contributed by atoms with E-state index in [1.807, 2.05) is 6.92 Å². The Morgan fingerprint density at radius 3 is 2.56 bits per heavy atom. The van der Waals surface area contributed by atoms with Gasteiger partial charge in [-0.1, -0.05) is 26.8 Å². The molecule has 1 aromatic rings. The molecule has 0 bridgehead atoms. The van der Waals surface area contributed by atoms with E-state index in [0.717, 1.165) is 57.8 Å². The summed E-state index contributed by atoms with van der Waals surface area (Å²) in [6.07, 6.45) is 14.9. The number of allylic oxidation sites excluding steroid dienone is 1. The van der Waals surface area contributed by atoms with Crippen molar-refractivity contribution in [2.45, 2.75) is 97.6 Å². The maximum Gasteiger partial charge on any atom is 0.213 e. The van der Waals surface area contributed by atoms with Crippen LogP contribution in [0.25, 0.3) is 0 Å². The number of aromatic nitrogens is 2. The number of ketones is 1. The van der Waals surface area contributed by atoms with Crippen LogP contribution in [0.3, 0.4) is 0 Å². The van der Waals surface area contributed by atoms with E-state index in [1.54, 1.807) is 17.0 Å². The van der Waals surface area contributed by atoms with Gasteiger partial charge in [-0.25, -0.2) is 4.98 Å². The van der Waals surface area contributed by atoms with E-state index in [9.17, 15) is 15.2 Å². The van der Waals surface area contributed by atoms with Crippen molar-refractivity contribution in [3.05, 3.63) is 30.9 Å². The number of nitrogens with zero attached hydrogens (tertiary/aromatic N) is 3. The van der Waals surface area contributed by atoms with Crippen LogP contribution in [-0.2, 0) is 11.3 Å². The van der Waals surface area contributed by atoms with Crippen molar-refractivity contribution in [2.24, 2.45) is 39.4 Å². The number of carbonyl (C=O) groups is 1. The van der Waals surface area contributed by atoms with Crippen molar-refractivity contribution in [1.82, 2.24) is 9.55 Å². The lowest BCUT2D eigenvalue weighted by molar-refractivity contribution is -0.215. The van der Waals surface area contributed by atoms with Crippen LogP contribution in [0.5, 0.6) is 0 Å².